The van der Waals surface area contributed by atoms with E-state index in [2.05, 4.69) is 20.4 Å². The van der Waals surface area contributed by atoms with Crippen molar-refractivity contribution in [1.82, 2.24) is 19.6 Å². The molecule has 0 aliphatic carbocycles. The number of hydrogen-bond acceptors (Lipinski definition) is 4. The topological polar surface area (TPSA) is 72.2 Å². The zero-order chi connectivity index (χ0) is 13.2. The minimum absolute atomic E-state index is 0.274. The van der Waals surface area contributed by atoms with Gasteiger partial charge in [-0.15, -0.1) is 0 Å². The first-order chi connectivity index (χ1) is 9.22. The Hall–Kier alpha value is -2.47. The van der Waals surface area contributed by atoms with Crippen molar-refractivity contribution >= 4 is 29.0 Å². The predicted molar refractivity (Wildman–Crippen MR) is 70.2 cm³/mol. The molecule has 0 bridgehead atoms. The molecule has 0 saturated heterocycles. The van der Waals surface area contributed by atoms with E-state index in [1.807, 2.05) is 0 Å². The third-order valence-corrected chi connectivity index (χ3v) is 2.66. The average Bonchev–Trinajstić information content (AvgIpc) is 2.85. The van der Waals surface area contributed by atoms with Gasteiger partial charge < -0.3 is 5.32 Å². The van der Waals surface area contributed by atoms with Gasteiger partial charge in [0.1, 0.15) is 5.82 Å². The van der Waals surface area contributed by atoms with E-state index in [1.165, 1.54) is 10.7 Å². The van der Waals surface area contributed by atoms with Crippen LogP contribution in [0.2, 0.25) is 5.02 Å². The molecule has 0 fully saturated rings. The molecule has 7 heteroatoms. The molecular formula is C12H8ClN5O. The summed E-state index contributed by atoms with van der Waals surface area (Å²) in [7, 11) is 0. The van der Waals surface area contributed by atoms with Crippen molar-refractivity contribution in [3.8, 4) is 0 Å². The summed E-state index contributed by atoms with van der Waals surface area (Å²) in [6, 6.07) is 6.61. The van der Waals surface area contributed by atoms with Crippen molar-refractivity contribution in [2.24, 2.45) is 0 Å². The summed E-state index contributed by atoms with van der Waals surface area (Å²) in [5.41, 5.74) is 0.882. The molecule has 3 heterocycles. The van der Waals surface area contributed by atoms with Crippen LogP contribution in [0.3, 0.4) is 0 Å². The standard InChI is InChI=1S/C12H8ClN5O/c13-8-2-3-10(15-7-8)16-12(19)9-6-11-14-4-1-5-18(11)17-9/h1-7H,(H,15,16,19). The summed E-state index contributed by atoms with van der Waals surface area (Å²) in [4.78, 5) is 20.1. The van der Waals surface area contributed by atoms with Gasteiger partial charge in [0.25, 0.3) is 5.91 Å². The number of hydrogen-bond donors (Lipinski definition) is 1. The molecule has 0 radical (unpaired) electrons. The number of aromatic nitrogens is 4. The van der Waals surface area contributed by atoms with Gasteiger partial charge in [-0.05, 0) is 18.2 Å². The molecule has 0 aliphatic heterocycles. The molecule has 0 aromatic carbocycles. The first-order valence-electron chi connectivity index (χ1n) is 5.46. The lowest BCUT2D eigenvalue weighted by atomic mass is 10.4. The fourth-order valence-corrected chi connectivity index (χ4v) is 1.68. The number of nitrogens with zero attached hydrogens (tertiary/aromatic N) is 4. The molecule has 3 aromatic rings. The van der Waals surface area contributed by atoms with E-state index < -0.39 is 0 Å². The van der Waals surface area contributed by atoms with Crippen LogP contribution in [-0.4, -0.2) is 25.5 Å². The van der Waals surface area contributed by atoms with Gasteiger partial charge in [0.2, 0.25) is 0 Å². The monoisotopic (exact) mass is 273 g/mol. The lowest BCUT2D eigenvalue weighted by Crippen LogP contribution is -2.13. The summed E-state index contributed by atoms with van der Waals surface area (Å²) < 4.78 is 1.53. The van der Waals surface area contributed by atoms with Crippen LogP contribution in [0.15, 0.2) is 42.9 Å². The van der Waals surface area contributed by atoms with Crippen LogP contribution in [0.4, 0.5) is 5.82 Å². The molecule has 94 valence electrons. The minimum atomic E-state index is -0.347. The highest BCUT2D eigenvalue weighted by atomic mass is 35.5. The van der Waals surface area contributed by atoms with Crippen molar-refractivity contribution in [2.75, 3.05) is 5.32 Å². The summed E-state index contributed by atoms with van der Waals surface area (Å²) >= 11 is 5.72. The Kier molecular flexibility index (Phi) is 2.85. The second kappa shape index (κ2) is 4.66. The van der Waals surface area contributed by atoms with Gasteiger partial charge in [-0.25, -0.2) is 14.5 Å². The van der Waals surface area contributed by atoms with E-state index in [1.54, 1.807) is 36.7 Å². The van der Waals surface area contributed by atoms with Crippen molar-refractivity contribution in [3.05, 3.63) is 53.6 Å². The maximum Gasteiger partial charge on any atom is 0.277 e. The van der Waals surface area contributed by atoms with Gasteiger partial charge in [-0.3, -0.25) is 4.79 Å². The first-order valence-corrected chi connectivity index (χ1v) is 5.83. The van der Waals surface area contributed by atoms with Crippen LogP contribution in [0.25, 0.3) is 5.65 Å². The molecule has 3 rings (SSSR count). The van der Waals surface area contributed by atoms with E-state index in [4.69, 9.17) is 11.6 Å². The number of rotatable bonds is 2. The van der Waals surface area contributed by atoms with Gasteiger partial charge in [0.15, 0.2) is 11.3 Å². The predicted octanol–water partition coefficient (Wildman–Crippen LogP) is 2.03. The van der Waals surface area contributed by atoms with Crippen molar-refractivity contribution < 1.29 is 4.79 Å². The highest BCUT2D eigenvalue weighted by Gasteiger charge is 2.11. The Morgan fingerprint density at radius 1 is 1.32 bits per heavy atom. The molecule has 0 saturated carbocycles. The van der Waals surface area contributed by atoms with E-state index in [9.17, 15) is 4.79 Å². The van der Waals surface area contributed by atoms with E-state index in [-0.39, 0.29) is 11.6 Å². The summed E-state index contributed by atoms with van der Waals surface area (Å²) in [6.07, 6.45) is 4.82. The van der Waals surface area contributed by atoms with Gasteiger partial charge in [-0.1, -0.05) is 11.6 Å². The number of nitrogens with one attached hydrogen (secondary N) is 1. The zero-order valence-electron chi connectivity index (χ0n) is 9.62. The Balaban J connectivity index is 1.85. The highest BCUT2D eigenvalue weighted by Crippen LogP contribution is 2.11. The SMILES string of the molecule is O=C(Nc1ccc(Cl)cn1)c1cc2ncccn2n1. The van der Waals surface area contributed by atoms with Crippen LogP contribution in [0, 0.1) is 0 Å². The second-order valence-electron chi connectivity index (χ2n) is 3.77. The summed E-state index contributed by atoms with van der Waals surface area (Å²) in [5, 5.41) is 7.26. The number of carbonyl (C=O) groups is 1. The van der Waals surface area contributed by atoms with Crippen molar-refractivity contribution in [3.63, 3.8) is 0 Å². The summed E-state index contributed by atoms with van der Waals surface area (Å²) in [6.45, 7) is 0. The van der Waals surface area contributed by atoms with Crippen LogP contribution in [0.1, 0.15) is 10.5 Å². The lowest BCUT2D eigenvalue weighted by molar-refractivity contribution is 0.102. The maximum atomic E-state index is 12.0. The Morgan fingerprint density at radius 2 is 2.21 bits per heavy atom. The first kappa shape index (κ1) is 11.6. The number of pyridine rings is 1. The minimum Gasteiger partial charge on any atom is -0.305 e. The molecule has 0 unspecified atom stereocenters. The van der Waals surface area contributed by atoms with E-state index >= 15 is 0 Å². The molecular weight excluding hydrogens is 266 g/mol. The average molecular weight is 274 g/mol. The molecule has 0 spiro atoms. The van der Waals surface area contributed by atoms with Crippen LogP contribution in [0.5, 0.6) is 0 Å². The maximum absolute atomic E-state index is 12.0. The molecule has 1 amide bonds. The van der Waals surface area contributed by atoms with E-state index in [0.717, 1.165) is 0 Å². The third kappa shape index (κ3) is 2.38. The fraction of sp³-hybridized carbons (Fsp3) is 0. The molecule has 6 nitrogen and oxygen atoms in total. The van der Waals surface area contributed by atoms with Crippen molar-refractivity contribution in [2.45, 2.75) is 0 Å². The normalized spacial score (nSPS) is 10.6. The summed E-state index contributed by atoms with van der Waals surface area (Å²) in [5.74, 6) is 0.0692. The fourth-order valence-electron chi connectivity index (χ4n) is 1.57. The van der Waals surface area contributed by atoms with Crippen LogP contribution >= 0.6 is 11.6 Å². The molecule has 1 N–H and O–H groups in total. The van der Waals surface area contributed by atoms with Crippen LogP contribution < -0.4 is 5.32 Å². The number of fused-ring (bicyclic) bond motifs is 1. The number of anilines is 1. The quantitative estimate of drug-likeness (QED) is 0.775. The third-order valence-electron chi connectivity index (χ3n) is 2.44. The van der Waals surface area contributed by atoms with Gasteiger partial charge >= 0.3 is 0 Å². The molecule has 3 aromatic heterocycles. The number of carbonyl (C=O) groups excluding carboxylic acids is 1. The smallest absolute Gasteiger partial charge is 0.277 e. The van der Waals surface area contributed by atoms with Crippen molar-refractivity contribution in [1.29, 1.82) is 0 Å². The molecule has 19 heavy (non-hydrogen) atoms. The number of halogens is 1. The Bertz CT molecular complexity index is 704. The highest BCUT2D eigenvalue weighted by molar-refractivity contribution is 6.30. The largest absolute Gasteiger partial charge is 0.305 e. The van der Waals surface area contributed by atoms with Gasteiger partial charge in [0, 0.05) is 24.7 Å². The zero-order valence-corrected chi connectivity index (χ0v) is 10.4. The van der Waals surface area contributed by atoms with Gasteiger partial charge in [-0.2, -0.15) is 5.10 Å². The van der Waals surface area contributed by atoms with Crippen LogP contribution in [-0.2, 0) is 0 Å². The molecule has 0 atom stereocenters. The second-order valence-corrected chi connectivity index (χ2v) is 4.20. The van der Waals surface area contributed by atoms with E-state index in [0.29, 0.717) is 16.5 Å². The lowest BCUT2D eigenvalue weighted by Gasteiger charge is -2.01. The number of amides is 1. The molecule has 0 aliphatic rings. The Morgan fingerprint density at radius 3 is 2.95 bits per heavy atom. The van der Waals surface area contributed by atoms with Gasteiger partial charge in [0.05, 0.1) is 5.02 Å². The Labute approximate surface area is 113 Å².